The first-order valence-electron chi connectivity index (χ1n) is 3.69. The quantitative estimate of drug-likeness (QED) is 0.482. The summed E-state index contributed by atoms with van der Waals surface area (Å²) in [7, 11) is 1.64. The third-order valence-corrected chi connectivity index (χ3v) is 1.31. The van der Waals surface area contributed by atoms with Crippen LogP contribution in [0, 0.1) is 10.8 Å². The molecule has 0 unspecified atom stereocenters. The minimum absolute atomic E-state index is 0.00292. The van der Waals surface area contributed by atoms with Crippen molar-refractivity contribution in [3.8, 4) is 0 Å². The van der Waals surface area contributed by atoms with E-state index in [9.17, 15) is 0 Å². The first-order chi connectivity index (χ1) is 4.88. The fourth-order valence-corrected chi connectivity index (χ4v) is 0.778. The summed E-state index contributed by atoms with van der Waals surface area (Å²) in [5.74, 6) is 0.852. The highest BCUT2D eigenvalue weighted by molar-refractivity contribution is 5.90. The lowest BCUT2D eigenvalue weighted by atomic mass is 9.93. The maximum atomic E-state index is 7.25. The molecule has 0 saturated carbocycles. The van der Waals surface area contributed by atoms with Gasteiger partial charge in [0, 0.05) is 11.1 Å². The first-order valence-corrected chi connectivity index (χ1v) is 3.69. The number of nitrogens with one attached hydrogen (secondary N) is 1. The summed E-state index contributed by atoms with van der Waals surface area (Å²) in [6.45, 7) is 7.92. The average molecular weight is 155 g/mol. The summed E-state index contributed by atoms with van der Waals surface area (Å²) in [6, 6.07) is 0. The molecule has 0 aromatic rings. The van der Waals surface area contributed by atoms with Crippen molar-refractivity contribution in [3.05, 3.63) is 11.8 Å². The molecule has 64 valence electrons. The van der Waals surface area contributed by atoms with Gasteiger partial charge in [0.15, 0.2) is 0 Å². The molecular formula is C9H17NO. The molecule has 0 fully saturated rings. The molecule has 0 atom stereocenters. The fraction of sp³-hybridized carbons (Fsp3) is 0.667. The van der Waals surface area contributed by atoms with Gasteiger partial charge >= 0.3 is 0 Å². The van der Waals surface area contributed by atoms with Crippen LogP contribution in [0.5, 0.6) is 0 Å². The summed E-state index contributed by atoms with van der Waals surface area (Å²) in [4.78, 5) is 0. The number of rotatable bonds is 2. The van der Waals surface area contributed by atoms with Gasteiger partial charge in [0.2, 0.25) is 0 Å². The van der Waals surface area contributed by atoms with Crippen LogP contribution in [0.3, 0.4) is 0 Å². The van der Waals surface area contributed by atoms with Gasteiger partial charge in [-0.15, -0.1) is 0 Å². The standard InChI is InChI=1S/C9H17NO/c1-7(10)6-8(11-5)9(2,3)4/h6,10H,1-5H3/b8-6-,10-7?. The number of hydrogen-bond donors (Lipinski definition) is 1. The van der Waals surface area contributed by atoms with Crippen molar-refractivity contribution in [3.63, 3.8) is 0 Å². The summed E-state index contributed by atoms with van der Waals surface area (Å²) in [5.41, 5.74) is 0.522. The lowest BCUT2D eigenvalue weighted by Crippen LogP contribution is -2.12. The highest BCUT2D eigenvalue weighted by atomic mass is 16.5. The summed E-state index contributed by atoms with van der Waals surface area (Å²) in [6.07, 6.45) is 1.75. The maximum absolute atomic E-state index is 7.25. The Kier molecular flexibility index (Phi) is 3.30. The average Bonchev–Trinajstić information content (AvgIpc) is 1.79. The fourth-order valence-electron chi connectivity index (χ4n) is 0.778. The topological polar surface area (TPSA) is 33.1 Å². The molecule has 0 aliphatic carbocycles. The normalized spacial score (nSPS) is 13.0. The van der Waals surface area contributed by atoms with Gasteiger partial charge < -0.3 is 10.1 Å². The molecule has 0 bridgehead atoms. The molecule has 2 heteroatoms. The van der Waals surface area contributed by atoms with Crippen LogP contribution < -0.4 is 0 Å². The van der Waals surface area contributed by atoms with Crippen molar-refractivity contribution in [2.24, 2.45) is 5.41 Å². The molecule has 0 rings (SSSR count). The summed E-state index contributed by atoms with van der Waals surface area (Å²) in [5, 5.41) is 7.25. The Balaban J connectivity index is 4.54. The molecule has 0 saturated heterocycles. The van der Waals surface area contributed by atoms with Crippen LogP contribution in [0.25, 0.3) is 0 Å². The lowest BCUT2D eigenvalue weighted by molar-refractivity contribution is 0.207. The van der Waals surface area contributed by atoms with Crippen molar-refractivity contribution in [2.75, 3.05) is 7.11 Å². The van der Waals surface area contributed by atoms with Gasteiger partial charge in [-0.3, -0.25) is 0 Å². The van der Waals surface area contributed by atoms with Crippen molar-refractivity contribution in [1.29, 1.82) is 5.41 Å². The van der Waals surface area contributed by atoms with Crippen molar-refractivity contribution in [1.82, 2.24) is 0 Å². The third kappa shape index (κ3) is 3.81. The predicted molar refractivity (Wildman–Crippen MR) is 47.9 cm³/mol. The predicted octanol–water partition coefficient (Wildman–Crippen LogP) is 2.60. The van der Waals surface area contributed by atoms with Gasteiger partial charge in [-0.1, -0.05) is 20.8 Å². The van der Waals surface area contributed by atoms with Crippen LogP contribution >= 0.6 is 0 Å². The van der Waals surface area contributed by atoms with E-state index in [0.29, 0.717) is 5.71 Å². The number of allylic oxidation sites excluding steroid dienone is 2. The van der Waals surface area contributed by atoms with E-state index in [1.54, 1.807) is 20.1 Å². The molecule has 0 heterocycles. The molecule has 0 aliphatic rings. The second-order valence-corrected chi connectivity index (χ2v) is 3.65. The number of methoxy groups -OCH3 is 1. The monoisotopic (exact) mass is 155 g/mol. The van der Waals surface area contributed by atoms with Gasteiger partial charge in [-0.05, 0) is 13.0 Å². The zero-order valence-electron chi connectivity index (χ0n) is 7.99. The van der Waals surface area contributed by atoms with E-state index < -0.39 is 0 Å². The molecule has 0 radical (unpaired) electrons. The van der Waals surface area contributed by atoms with Gasteiger partial charge in [-0.25, -0.2) is 0 Å². The maximum Gasteiger partial charge on any atom is 0.103 e. The smallest absolute Gasteiger partial charge is 0.103 e. The zero-order chi connectivity index (χ0) is 9.07. The minimum atomic E-state index is -0.00292. The van der Waals surface area contributed by atoms with E-state index >= 15 is 0 Å². The Morgan fingerprint density at radius 1 is 1.36 bits per heavy atom. The summed E-state index contributed by atoms with van der Waals surface area (Å²) < 4.78 is 5.15. The van der Waals surface area contributed by atoms with Gasteiger partial charge in [0.05, 0.1) is 7.11 Å². The van der Waals surface area contributed by atoms with Gasteiger partial charge in [0.1, 0.15) is 5.76 Å². The Morgan fingerprint density at radius 2 is 1.82 bits per heavy atom. The molecule has 11 heavy (non-hydrogen) atoms. The Hall–Kier alpha value is -0.790. The van der Waals surface area contributed by atoms with Gasteiger partial charge in [0.25, 0.3) is 0 Å². The highest BCUT2D eigenvalue weighted by Crippen LogP contribution is 2.25. The van der Waals surface area contributed by atoms with Crippen molar-refractivity contribution < 1.29 is 4.74 Å². The van der Waals surface area contributed by atoms with E-state index in [-0.39, 0.29) is 5.41 Å². The van der Waals surface area contributed by atoms with Crippen LogP contribution in [0.15, 0.2) is 11.8 Å². The number of ether oxygens (including phenoxy) is 1. The lowest BCUT2D eigenvalue weighted by Gasteiger charge is -2.21. The largest absolute Gasteiger partial charge is 0.500 e. The van der Waals surface area contributed by atoms with Crippen LogP contribution in [-0.2, 0) is 4.74 Å². The molecule has 1 N–H and O–H groups in total. The van der Waals surface area contributed by atoms with E-state index in [1.807, 2.05) is 0 Å². The molecule has 2 nitrogen and oxygen atoms in total. The molecule has 0 amide bonds. The van der Waals surface area contributed by atoms with Gasteiger partial charge in [-0.2, -0.15) is 0 Å². The zero-order valence-corrected chi connectivity index (χ0v) is 7.99. The number of hydrogen-bond acceptors (Lipinski definition) is 2. The highest BCUT2D eigenvalue weighted by Gasteiger charge is 2.17. The second-order valence-electron chi connectivity index (χ2n) is 3.65. The van der Waals surface area contributed by atoms with Crippen LogP contribution in [-0.4, -0.2) is 12.8 Å². The SMILES string of the molecule is CO/C(=C\C(C)=N)C(C)(C)C. The minimum Gasteiger partial charge on any atom is -0.500 e. The Labute approximate surface area is 68.8 Å². The van der Waals surface area contributed by atoms with E-state index in [1.165, 1.54) is 0 Å². The van der Waals surface area contributed by atoms with Crippen LogP contribution in [0.4, 0.5) is 0 Å². The molecule has 0 aromatic carbocycles. The van der Waals surface area contributed by atoms with Crippen molar-refractivity contribution >= 4 is 5.71 Å². The summed E-state index contributed by atoms with van der Waals surface area (Å²) >= 11 is 0. The van der Waals surface area contributed by atoms with E-state index in [0.717, 1.165) is 5.76 Å². The molecule has 0 aliphatic heterocycles. The second kappa shape index (κ2) is 3.56. The first kappa shape index (κ1) is 10.2. The molecule has 0 aromatic heterocycles. The Morgan fingerprint density at radius 3 is 1.91 bits per heavy atom. The molecular weight excluding hydrogens is 138 g/mol. The Bertz CT molecular complexity index is 174. The third-order valence-electron chi connectivity index (χ3n) is 1.31. The van der Waals surface area contributed by atoms with Crippen LogP contribution in [0.1, 0.15) is 27.7 Å². The molecule has 0 spiro atoms. The van der Waals surface area contributed by atoms with Crippen molar-refractivity contribution in [2.45, 2.75) is 27.7 Å². The van der Waals surface area contributed by atoms with Crippen LogP contribution in [0.2, 0.25) is 0 Å². The van der Waals surface area contributed by atoms with E-state index in [4.69, 9.17) is 10.1 Å². The van der Waals surface area contributed by atoms with E-state index in [2.05, 4.69) is 20.8 Å².